The average Bonchev–Trinajstić information content (AvgIpc) is 2.33. The van der Waals surface area contributed by atoms with Crippen LogP contribution in [0.2, 0.25) is 0 Å². The van der Waals surface area contributed by atoms with Crippen LogP contribution in [0.25, 0.3) is 0 Å². The molecule has 0 amide bonds. The molecule has 1 N–H and O–H groups in total. The molecule has 0 atom stereocenters. The van der Waals surface area contributed by atoms with Crippen LogP contribution in [0.4, 0.5) is 5.69 Å². The van der Waals surface area contributed by atoms with Crippen LogP contribution in [0.15, 0.2) is 42.5 Å². The second kappa shape index (κ2) is 5.56. The minimum atomic E-state index is 0.819. The lowest BCUT2D eigenvalue weighted by molar-refractivity contribution is 0.270. The summed E-state index contributed by atoms with van der Waals surface area (Å²) < 4.78 is 5.80. The molecule has 18 heavy (non-hydrogen) atoms. The van der Waals surface area contributed by atoms with Crippen LogP contribution in [0.1, 0.15) is 11.1 Å². The zero-order chi connectivity index (χ0) is 13.0. The van der Waals surface area contributed by atoms with Gasteiger partial charge in [0.1, 0.15) is 11.5 Å². The van der Waals surface area contributed by atoms with Crippen LogP contribution >= 0.6 is 0 Å². The monoisotopic (exact) mass is 243 g/mol. The van der Waals surface area contributed by atoms with Gasteiger partial charge in [0.15, 0.2) is 0 Å². The van der Waals surface area contributed by atoms with E-state index in [4.69, 9.17) is 9.57 Å². The Labute approximate surface area is 107 Å². The van der Waals surface area contributed by atoms with E-state index < -0.39 is 0 Å². The van der Waals surface area contributed by atoms with Crippen molar-refractivity contribution in [1.82, 2.24) is 0 Å². The third kappa shape index (κ3) is 3.02. The van der Waals surface area contributed by atoms with E-state index in [1.165, 1.54) is 5.56 Å². The van der Waals surface area contributed by atoms with Crippen molar-refractivity contribution in [2.45, 2.75) is 13.8 Å². The highest BCUT2D eigenvalue weighted by Crippen LogP contribution is 2.26. The van der Waals surface area contributed by atoms with Crippen molar-refractivity contribution in [2.75, 3.05) is 12.6 Å². The first kappa shape index (κ1) is 12.5. The summed E-state index contributed by atoms with van der Waals surface area (Å²) in [5, 5.41) is 0. The van der Waals surface area contributed by atoms with Gasteiger partial charge in [-0.3, -0.25) is 10.3 Å². The fourth-order valence-corrected chi connectivity index (χ4v) is 1.74. The summed E-state index contributed by atoms with van der Waals surface area (Å²) in [7, 11) is 1.59. The van der Waals surface area contributed by atoms with Gasteiger partial charge in [-0.05, 0) is 55.3 Å². The lowest BCUT2D eigenvalue weighted by atomic mass is 10.2. The normalized spacial score (nSPS) is 10.2. The molecule has 94 valence electrons. The van der Waals surface area contributed by atoms with Crippen LogP contribution in [-0.2, 0) is 4.84 Å². The predicted molar refractivity (Wildman–Crippen MR) is 73.1 cm³/mol. The predicted octanol–water partition coefficient (Wildman–Crippen LogP) is 4.07. The topological polar surface area (TPSA) is 30.5 Å². The second-order valence-electron chi connectivity index (χ2n) is 4.20. The van der Waals surface area contributed by atoms with Crippen LogP contribution in [0.3, 0.4) is 0 Å². The van der Waals surface area contributed by atoms with Crippen molar-refractivity contribution in [2.24, 2.45) is 0 Å². The molecule has 0 unspecified atom stereocenters. The number of anilines is 1. The molecule has 0 aliphatic carbocycles. The quantitative estimate of drug-likeness (QED) is 0.821. The summed E-state index contributed by atoms with van der Waals surface area (Å²) in [4.78, 5) is 4.89. The summed E-state index contributed by atoms with van der Waals surface area (Å²) in [5.41, 5.74) is 6.01. The molecule has 3 nitrogen and oxygen atoms in total. The van der Waals surface area contributed by atoms with Gasteiger partial charge < -0.3 is 4.74 Å². The largest absolute Gasteiger partial charge is 0.457 e. The van der Waals surface area contributed by atoms with E-state index in [1.54, 1.807) is 7.11 Å². The van der Waals surface area contributed by atoms with E-state index >= 15 is 0 Å². The molecule has 0 saturated heterocycles. The first-order valence-corrected chi connectivity index (χ1v) is 5.83. The Bertz CT molecular complexity index is 538. The van der Waals surface area contributed by atoms with Gasteiger partial charge in [0, 0.05) is 0 Å². The van der Waals surface area contributed by atoms with Gasteiger partial charge in [0.2, 0.25) is 0 Å². The molecule has 0 aliphatic rings. The summed E-state index contributed by atoms with van der Waals surface area (Å²) in [6.45, 7) is 4.05. The van der Waals surface area contributed by atoms with Gasteiger partial charge in [0.05, 0.1) is 12.8 Å². The highest BCUT2D eigenvalue weighted by Gasteiger charge is 2.02. The molecule has 2 aromatic carbocycles. The molecule has 0 saturated carbocycles. The van der Waals surface area contributed by atoms with E-state index in [-0.39, 0.29) is 0 Å². The van der Waals surface area contributed by atoms with Crippen LogP contribution in [-0.4, -0.2) is 7.11 Å². The van der Waals surface area contributed by atoms with Crippen LogP contribution < -0.4 is 10.2 Å². The van der Waals surface area contributed by atoms with Crippen molar-refractivity contribution >= 4 is 5.69 Å². The number of hydrogen-bond donors (Lipinski definition) is 1. The minimum Gasteiger partial charge on any atom is -0.457 e. The maximum atomic E-state index is 5.80. The number of rotatable bonds is 4. The SMILES string of the molecule is CONc1ccc(Oc2cccc(C)c2)cc1C. The fraction of sp³-hybridized carbons (Fsp3) is 0.200. The molecule has 0 fully saturated rings. The maximum Gasteiger partial charge on any atom is 0.127 e. The maximum absolute atomic E-state index is 5.80. The van der Waals surface area contributed by atoms with E-state index in [2.05, 4.69) is 5.48 Å². The summed E-state index contributed by atoms with van der Waals surface area (Å²) >= 11 is 0. The third-order valence-electron chi connectivity index (χ3n) is 2.64. The molecule has 0 spiro atoms. The second-order valence-corrected chi connectivity index (χ2v) is 4.20. The van der Waals surface area contributed by atoms with E-state index in [1.807, 2.05) is 56.3 Å². The molecule has 0 aliphatic heterocycles. The van der Waals surface area contributed by atoms with Crippen LogP contribution in [0.5, 0.6) is 11.5 Å². The van der Waals surface area contributed by atoms with E-state index in [9.17, 15) is 0 Å². The van der Waals surface area contributed by atoms with Gasteiger partial charge in [-0.25, -0.2) is 0 Å². The molecular formula is C15H17NO2. The van der Waals surface area contributed by atoms with Gasteiger partial charge in [-0.2, -0.15) is 0 Å². The number of ether oxygens (including phenoxy) is 1. The molecule has 0 aromatic heterocycles. The Morgan fingerprint density at radius 3 is 2.39 bits per heavy atom. The van der Waals surface area contributed by atoms with Crippen molar-refractivity contribution in [1.29, 1.82) is 0 Å². The standard InChI is InChI=1S/C15H17NO2/c1-11-5-4-6-13(9-11)18-14-7-8-15(16-17-3)12(2)10-14/h4-10,16H,1-3H3. The van der Waals surface area contributed by atoms with Crippen molar-refractivity contribution in [3.63, 3.8) is 0 Å². The number of aryl methyl sites for hydroxylation is 2. The zero-order valence-corrected chi connectivity index (χ0v) is 10.9. The Kier molecular flexibility index (Phi) is 3.85. The Morgan fingerprint density at radius 1 is 0.944 bits per heavy atom. The summed E-state index contributed by atoms with van der Waals surface area (Å²) in [5.74, 6) is 1.67. The number of hydrogen-bond acceptors (Lipinski definition) is 3. The summed E-state index contributed by atoms with van der Waals surface area (Å²) in [6, 6.07) is 13.8. The Hall–Kier alpha value is -2.00. The van der Waals surface area contributed by atoms with Crippen molar-refractivity contribution in [3.8, 4) is 11.5 Å². The average molecular weight is 243 g/mol. The van der Waals surface area contributed by atoms with Gasteiger partial charge >= 0.3 is 0 Å². The van der Waals surface area contributed by atoms with Gasteiger partial charge in [-0.15, -0.1) is 0 Å². The fourth-order valence-electron chi connectivity index (χ4n) is 1.74. The van der Waals surface area contributed by atoms with Crippen LogP contribution in [0, 0.1) is 13.8 Å². The molecule has 2 aromatic rings. The highest BCUT2D eigenvalue weighted by atomic mass is 16.6. The minimum absolute atomic E-state index is 0.819. The van der Waals surface area contributed by atoms with Crippen molar-refractivity contribution < 1.29 is 9.57 Å². The van der Waals surface area contributed by atoms with Gasteiger partial charge in [0.25, 0.3) is 0 Å². The third-order valence-corrected chi connectivity index (χ3v) is 2.64. The first-order chi connectivity index (χ1) is 8.69. The Morgan fingerprint density at radius 2 is 1.72 bits per heavy atom. The number of nitrogens with one attached hydrogen (secondary N) is 1. The molecular weight excluding hydrogens is 226 g/mol. The Balaban J connectivity index is 2.17. The van der Waals surface area contributed by atoms with E-state index in [0.717, 1.165) is 22.7 Å². The van der Waals surface area contributed by atoms with E-state index in [0.29, 0.717) is 0 Å². The summed E-state index contributed by atoms with van der Waals surface area (Å²) in [6.07, 6.45) is 0. The molecule has 0 heterocycles. The molecule has 0 radical (unpaired) electrons. The van der Waals surface area contributed by atoms with Crippen molar-refractivity contribution in [3.05, 3.63) is 53.6 Å². The lowest BCUT2D eigenvalue weighted by Crippen LogP contribution is -1.97. The lowest BCUT2D eigenvalue weighted by Gasteiger charge is -2.10. The smallest absolute Gasteiger partial charge is 0.127 e. The number of benzene rings is 2. The zero-order valence-electron chi connectivity index (χ0n) is 10.9. The molecule has 3 heteroatoms. The molecule has 0 bridgehead atoms. The van der Waals surface area contributed by atoms with Gasteiger partial charge in [-0.1, -0.05) is 12.1 Å². The first-order valence-electron chi connectivity index (χ1n) is 5.83. The highest BCUT2D eigenvalue weighted by molar-refractivity contribution is 5.52. The molecule has 2 rings (SSSR count).